The van der Waals surface area contributed by atoms with Gasteiger partial charge < -0.3 is 5.32 Å². The second-order valence-corrected chi connectivity index (χ2v) is 7.87. The third kappa shape index (κ3) is 2.80. The predicted molar refractivity (Wildman–Crippen MR) is 78.1 cm³/mol. The Morgan fingerprint density at radius 1 is 1.39 bits per heavy atom. The van der Waals surface area contributed by atoms with Crippen LogP contribution < -0.4 is 5.32 Å². The van der Waals surface area contributed by atoms with Gasteiger partial charge in [0.1, 0.15) is 0 Å². The van der Waals surface area contributed by atoms with Gasteiger partial charge in [0.05, 0.1) is 4.90 Å². The second kappa shape index (κ2) is 5.58. The van der Waals surface area contributed by atoms with Crippen molar-refractivity contribution in [3.05, 3.63) is 27.1 Å². The minimum absolute atomic E-state index is 0.0327. The molecule has 1 aliphatic heterocycles. The number of nitrogens with zero attached hydrogens (tertiary/aromatic N) is 1. The number of rotatable bonds is 2. The lowest BCUT2D eigenvalue weighted by atomic mass is 10.3. The first-order chi connectivity index (χ1) is 8.43. The van der Waals surface area contributed by atoms with Gasteiger partial charge in [-0.05, 0) is 41.1 Å². The van der Waals surface area contributed by atoms with Gasteiger partial charge in [-0.25, -0.2) is 8.42 Å². The third-order valence-corrected chi connectivity index (χ3v) is 6.42. The average molecular weight is 398 g/mol. The zero-order valence-electron chi connectivity index (χ0n) is 9.86. The van der Waals surface area contributed by atoms with Crippen LogP contribution in [-0.2, 0) is 10.0 Å². The molecule has 1 fully saturated rings. The van der Waals surface area contributed by atoms with E-state index in [0.29, 0.717) is 29.0 Å². The van der Waals surface area contributed by atoms with Gasteiger partial charge in [0.25, 0.3) is 0 Å². The summed E-state index contributed by atoms with van der Waals surface area (Å²) in [4.78, 5) is 0.311. The second-order valence-electron chi connectivity index (χ2n) is 4.24. The summed E-state index contributed by atoms with van der Waals surface area (Å²) in [5, 5.41) is 3.19. The van der Waals surface area contributed by atoms with Gasteiger partial charge >= 0.3 is 0 Å². The van der Waals surface area contributed by atoms with Gasteiger partial charge in [0.2, 0.25) is 10.0 Å². The summed E-state index contributed by atoms with van der Waals surface area (Å²) < 4.78 is 28.1. The van der Waals surface area contributed by atoms with E-state index in [1.807, 2.05) is 13.0 Å². The summed E-state index contributed by atoms with van der Waals surface area (Å²) in [7, 11) is -3.45. The molecule has 0 amide bonds. The fraction of sp³-hybridized carbons (Fsp3) is 0.455. The van der Waals surface area contributed by atoms with Crippen LogP contribution in [0.4, 0.5) is 0 Å². The topological polar surface area (TPSA) is 49.4 Å². The maximum Gasteiger partial charge on any atom is 0.244 e. The first-order valence-electron chi connectivity index (χ1n) is 5.60. The summed E-state index contributed by atoms with van der Waals surface area (Å²) in [5.74, 6) is 0. The van der Waals surface area contributed by atoms with E-state index in [1.165, 1.54) is 0 Å². The smallest absolute Gasteiger partial charge is 0.244 e. The molecule has 0 aliphatic carbocycles. The molecule has 1 heterocycles. The SMILES string of the molecule is C[C@H]1CNCCN1S(=O)(=O)c1cc(Br)ccc1Br. The lowest BCUT2D eigenvalue weighted by molar-refractivity contribution is 0.283. The van der Waals surface area contributed by atoms with E-state index < -0.39 is 10.0 Å². The third-order valence-electron chi connectivity index (χ3n) is 2.92. The van der Waals surface area contributed by atoms with Gasteiger partial charge in [0.15, 0.2) is 0 Å². The summed E-state index contributed by atoms with van der Waals surface area (Å²) in [6.45, 7) is 3.79. The van der Waals surface area contributed by atoms with E-state index in [2.05, 4.69) is 37.2 Å². The van der Waals surface area contributed by atoms with Crippen molar-refractivity contribution >= 4 is 41.9 Å². The molecule has 1 N–H and O–H groups in total. The van der Waals surface area contributed by atoms with E-state index in [0.717, 1.165) is 4.47 Å². The van der Waals surface area contributed by atoms with Crippen LogP contribution in [0.25, 0.3) is 0 Å². The molecule has 1 aliphatic rings. The zero-order chi connectivity index (χ0) is 13.3. The van der Waals surface area contributed by atoms with E-state index >= 15 is 0 Å². The number of piperazine rings is 1. The van der Waals surface area contributed by atoms with Gasteiger partial charge in [-0.1, -0.05) is 15.9 Å². The van der Waals surface area contributed by atoms with Crippen LogP contribution in [-0.4, -0.2) is 38.4 Å². The maximum atomic E-state index is 12.6. The quantitative estimate of drug-likeness (QED) is 0.832. The molecule has 100 valence electrons. The highest BCUT2D eigenvalue weighted by Crippen LogP contribution is 2.29. The summed E-state index contributed by atoms with van der Waals surface area (Å²) in [5.41, 5.74) is 0. The van der Waals surface area contributed by atoms with Crippen molar-refractivity contribution in [3.63, 3.8) is 0 Å². The standard InChI is InChI=1S/C11H14Br2N2O2S/c1-8-7-14-4-5-15(8)18(16,17)11-6-9(12)2-3-10(11)13/h2-3,6,8,14H,4-5,7H2,1H3/t8-/m0/s1. The van der Waals surface area contributed by atoms with E-state index in [4.69, 9.17) is 0 Å². The fourth-order valence-corrected chi connectivity index (χ4v) is 5.08. The van der Waals surface area contributed by atoms with Crippen LogP contribution in [0.3, 0.4) is 0 Å². The summed E-state index contributed by atoms with van der Waals surface area (Å²) >= 11 is 6.62. The van der Waals surface area contributed by atoms with Crippen molar-refractivity contribution in [2.75, 3.05) is 19.6 Å². The zero-order valence-corrected chi connectivity index (χ0v) is 13.8. The van der Waals surface area contributed by atoms with E-state index in [9.17, 15) is 8.42 Å². The molecule has 1 aromatic rings. The van der Waals surface area contributed by atoms with E-state index in [1.54, 1.807) is 16.4 Å². The Labute approximate surface area is 124 Å². The van der Waals surface area contributed by atoms with Crippen LogP contribution in [0.1, 0.15) is 6.92 Å². The Kier molecular flexibility index (Phi) is 4.48. The van der Waals surface area contributed by atoms with Crippen LogP contribution in [0.15, 0.2) is 32.0 Å². The van der Waals surface area contributed by atoms with Crippen molar-refractivity contribution in [2.45, 2.75) is 17.9 Å². The fourth-order valence-electron chi connectivity index (χ4n) is 1.98. The number of hydrogen-bond donors (Lipinski definition) is 1. The Balaban J connectivity index is 2.44. The molecule has 1 atom stereocenters. The lowest BCUT2D eigenvalue weighted by Gasteiger charge is -2.33. The molecular formula is C11H14Br2N2O2S. The van der Waals surface area contributed by atoms with Gasteiger partial charge in [-0.2, -0.15) is 4.31 Å². The molecule has 1 aromatic carbocycles. The minimum Gasteiger partial charge on any atom is -0.314 e. The van der Waals surface area contributed by atoms with Crippen molar-refractivity contribution in [2.24, 2.45) is 0 Å². The molecule has 0 aromatic heterocycles. The molecule has 1 saturated heterocycles. The Hall–Kier alpha value is 0.0500. The average Bonchev–Trinajstić information content (AvgIpc) is 2.32. The van der Waals surface area contributed by atoms with Crippen molar-refractivity contribution in [3.8, 4) is 0 Å². The first-order valence-corrected chi connectivity index (χ1v) is 8.63. The molecule has 0 radical (unpaired) electrons. The predicted octanol–water partition coefficient (Wildman–Crippen LogP) is 2.19. The normalized spacial score (nSPS) is 22.1. The Morgan fingerprint density at radius 3 is 2.78 bits per heavy atom. The largest absolute Gasteiger partial charge is 0.314 e. The van der Waals surface area contributed by atoms with Crippen LogP contribution >= 0.6 is 31.9 Å². The number of halogens is 2. The molecule has 0 saturated carbocycles. The first kappa shape index (κ1) is 14.5. The van der Waals surface area contributed by atoms with Crippen molar-refractivity contribution < 1.29 is 8.42 Å². The number of sulfonamides is 1. The number of benzene rings is 1. The highest BCUT2D eigenvalue weighted by Gasteiger charge is 2.32. The van der Waals surface area contributed by atoms with Gasteiger partial charge in [-0.3, -0.25) is 0 Å². The van der Waals surface area contributed by atoms with Crippen LogP contribution in [0.2, 0.25) is 0 Å². The Bertz CT molecular complexity index is 548. The molecule has 0 unspecified atom stereocenters. The monoisotopic (exact) mass is 396 g/mol. The highest BCUT2D eigenvalue weighted by atomic mass is 79.9. The lowest BCUT2D eigenvalue weighted by Crippen LogP contribution is -2.52. The molecule has 0 spiro atoms. The Morgan fingerprint density at radius 2 is 2.11 bits per heavy atom. The number of nitrogens with one attached hydrogen (secondary N) is 1. The van der Waals surface area contributed by atoms with Crippen LogP contribution in [0, 0.1) is 0 Å². The van der Waals surface area contributed by atoms with Gasteiger partial charge in [0, 0.05) is 34.6 Å². The number of hydrogen-bond acceptors (Lipinski definition) is 3. The highest BCUT2D eigenvalue weighted by molar-refractivity contribution is 9.11. The van der Waals surface area contributed by atoms with Gasteiger partial charge in [-0.15, -0.1) is 0 Å². The molecular weight excluding hydrogens is 384 g/mol. The summed E-state index contributed by atoms with van der Waals surface area (Å²) in [6.07, 6.45) is 0. The van der Waals surface area contributed by atoms with Crippen molar-refractivity contribution in [1.82, 2.24) is 9.62 Å². The molecule has 18 heavy (non-hydrogen) atoms. The molecule has 2 rings (SSSR count). The maximum absolute atomic E-state index is 12.6. The molecule has 7 heteroatoms. The molecule has 4 nitrogen and oxygen atoms in total. The minimum atomic E-state index is -3.45. The summed E-state index contributed by atoms with van der Waals surface area (Å²) in [6, 6.07) is 5.15. The molecule has 0 bridgehead atoms. The van der Waals surface area contributed by atoms with E-state index in [-0.39, 0.29) is 6.04 Å². The van der Waals surface area contributed by atoms with Crippen molar-refractivity contribution in [1.29, 1.82) is 0 Å². The van der Waals surface area contributed by atoms with Crippen LogP contribution in [0.5, 0.6) is 0 Å².